The maximum Gasteiger partial charge on any atom is 0.216 e. The van der Waals surface area contributed by atoms with Crippen LogP contribution in [0.4, 0.5) is 0 Å². The minimum absolute atomic E-state index is 0.0739. The third-order valence-corrected chi connectivity index (χ3v) is 2.76. The van der Waals surface area contributed by atoms with Crippen LogP contribution in [0.25, 0.3) is 0 Å². The van der Waals surface area contributed by atoms with Gasteiger partial charge in [0, 0.05) is 19.0 Å². The number of carbonyl (C=O) groups excluding carboxylic acids is 2. The zero-order chi connectivity index (χ0) is 13.7. The van der Waals surface area contributed by atoms with E-state index in [9.17, 15) is 19.8 Å². The van der Waals surface area contributed by atoms with Crippen molar-refractivity contribution < 1.29 is 19.8 Å². The van der Waals surface area contributed by atoms with E-state index < -0.39 is 12.2 Å². The van der Waals surface area contributed by atoms with Crippen LogP contribution < -0.4 is 5.32 Å². The summed E-state index contributed by atoms with van der Waals surface area (Å²) >= 11 is 5.75. The van der Waals surface area contributed by atoms with Gasteiger partial charge in [-0.25, -0.2) is 0 Å². The third kappa shape index (κ3) is 3.80. The van der Waals surface area contributed by atoms with Gasteiger partial charge in [0.1, 0.15) is 12.2 Å². The van der Waals surface area contributed by atoms with Crippen molar-refractivity contribution in [3.05, 3.63) is 34.3 Å². The first-order chi connectivity index (χ1) is 8.45. The molecule has 0 aromatic heterocycles. The lowest BCUT2D eigenvalue weighted by molar-refractivity contribution is -0.119. The Bertz CT molecular complexity index is 450. The number of carbonyl (C=O) groups is 2. The Morgan fingerprint density at radius 2 is 2.17 bits per heavy atom. The van der Waals surface area contributed by atoms with E-state index >= 15 is 0 Å². The molecule has 0 aliphatic heterocycles. The van der Waals surface area contributed by atoms with Crippen molar-refractivity contribution in [2.45, 2.75) is 19.1 Å². The summed E-state index contributed by atoms with van der Waals surface area (Å²) < 4.78 is 0. The summed E-state index contributed by atoms with van der Waals surface area (Å²) in [4.78, 5) is 21.4. The monoisotopic (exact) mass is 271 g/mol. The molecule has 6 heteroatoms. The van der Waals surface area contributed by atoms with Gasteiger partial charge in [0.05, 0.1) is 5.02 Å². The van der Waals surface area contributed by atoms with Crippen LogP contribution in [0.3, 0.4) is 0 Å². The minimum atomic E-state index is -1.20. The maximum atomic E-state index is 10.7. The van der Waals surface area contributed by atoms with Crippen LogP contribution in [0.1, 0.15) is 28.9 Å². The molecule has 1 aromatic rings. The first kappa shape index (κ1) is 14.6. The van der Waals surface area contributed by atoms with Crippen molar-refractivity contribution in [1.29, 1.82) is 0 Å². The van der Waals surface area contributed by atoms with Gasteiger partial charge >= 0.3 is 0 Å². The van der Waals surface area contributed by atoms with Crippen LogP contribution in [0, 0.1) is 0 Å². The fraction of sp³-hybridized carbons (Fsp3) is 0.333. The second-order valence-corrected chi connectivity index (χ2v) is 4.26. The molecule has 0 bridgehead atoms. The standard InChI is InChI=1S/C12H14ClNO4/c1-7(16)14-5-11(17)12(18)8-2-3-10(13)9(4-8)6-15/h2-4,6,11-12,17-18H,5H2,1H3,(H,14,16). The van der Waals surface area contributed by atoms with Crippen LogP contribution in [-0.4, -0.2) is 35.1 Å². The van der Waals surface area contributed by atoms with E-state index in [1.807, 2.05) is 0 Å². The molecule has 0 aliphatic carbocycles. The fourth-order valence-corrected chi connectivity index (χ4v) is 1.58. The van der Waals surface area contributed by atoms with Gasteiger partial charge in [-0.1, -0.05) is 17.7 Å². The fourth-order valence-electron chi connectivity index (χ4n) is 1.42. The number of hydrogen-bond acceptors (Lipinski definition) is 4. The first-order valence-corrected chi connectivity index (χ1v) is 5.68. The predicted molar refractivity (Wildman–Crippen MR) is 66.5 cm³/mol. The zero-order valence-electron chi connectivity index (χ0n) is 9.76. The van der Waals surface area contributed by atoms with Crippen molar-refractivity contribution >= 4 is 23.8 Å². The molecule has 0 aliphatic rings. The summed E-state index contributed by atoms with van der Waals surface area (Å²) in [5.74, 6) is -0.300. The minimum Gasteiger partial charge on any atom is -0.388 e. The van der Waals surface area contributed by atoms with E-state index in [2.05, 4.69) is 5.32 Å². The molecule has 2 unspecified atom stereocenters. The van der Waals surface area contributed by atoms with Gasteiger partial charge in [-0.3, -0.25) is 9.59 Å². The lowest BCUT2D eigenvalue weighted by Crippen LogP contribution is -2.34. The highest BCUT2D eigenvalue weighted by molar-refractivity contribution is 6.32. The summed E-state index contributed by atoms with van der Waals surface area (Å²) in [6.07, 6.45) is -1.79. The number of hydrogen-bond donors (Lipinski definition) is 3. The van der Waals surface area contributed by atoms with Crippen molar-refractivity contribution in [2.24, 2.45) is 0 Å². The molecule has 0 saturated heterocycles. The topological polar surface area (TPSA) is 86.6 Å². The molecular weight excluding hydrogens is 258 g/mol. The van der Waals surface area contributed by atoms with E-state index in [4.69, 9.17) is 11.6 Å². The normalized spacial score (nSPS) is 13.8. The van der Waals surface area contributed by atoms with Crippen molar-refractivity contribution in [2.75, 3.05) is 6.54 Å². The summed E-state index contributed by atoms with van der Waals surface area (Å²) in [5, 5.41) is 22.2. The van der Waals surface area contributed by atoms with Gasteiger partial charge in [0.2, 0.25) is 5.91 Å². The Hall–Kier alpha value is -1.43. The smallest absolute Gasteiger partial charge is 0.216 e. The van der Waals surface area contributed by atoms with Gasteiger partial charge in [0.15, 0.2) is 6.29 Å². The summed E-state index contributed by atoms with van der Waals surface area (Å²) in [5.41, 5.74) is 0.597. The average molecular weight is 272 g/mol. The van der Waals surface area contributed by atoms with Crippen molar-refractivity contribution in [3.8, 4) is 0 Å². The Morgan fingerprint density at radius 3 is 2.72 bits per heavy atom. The molecule has 18 heavy (non-hydrogen) atoms. The predicted octanol–water partition coefficient (Wildman–Crippen LogP) is 0.683. The highest BCUT2D eigenvalue weighted by Gasteiger charge is 2.19. The quantitative estimate of drug-likeness (QED) is 0.688. The molecule has 0 heterocycles. The summed E-state index contributed by atoms with van der Waals surface area (Å²) in [6, 6.07) is 4.38. The number of nitrogens with one attached hydrogen (secondary N) is 1. The highest BCUT2D eigenvalue weighted by atomic mass is 35.5. The van der Waals surface area contributed by atoms with E-state index in [0.29, 0.717) is 11.8 Å². The van der Waals surface area contributed by atoms with E-state index in [-0.39, 0.29) is 23.0 Å². The van der Waals surface area contributed by atoms with E-state index in [1.165, 1.54) is 25.1 Å². The van der Waals surface area contributed by atoms with Gasteiger partial charge in [-0.2, -0.15) is 0 Å². The lowest BCUT2D eigenvalue weighted by atomic mass is 10.0. The summed E-state index contributed by atoms with van der Waals surface area (Å²) in [6.45, 7) is 1.24. The molecule has 0 fully saturated rings. The van der Waals surface area contributed by atoms with Crippen LogP contribution in [0.2, 0.25) is 5.02 Å². The summed E-state index contributed by atoms with van der Waals surface area (Å²) in [7, 11) is 0. The van der Waals surface area contributed by atoms with Gasteiger partial charge in [0.25, 0.3) is 0 Å². The molecule has 0 saturated carbocycles. The molecule has 3 N–H and O–H groups in total. The third-order valence-electron chi connectivity index (χ3n) is 2.41. The van der Waals surface area contributed by atoms with E-state index in [0.717, 1.165) is 0 Å². The van der Waals surface area contributed by atoms with Crippen molar-refractivity contribution in [1.82, 2.24) is 5.32 Å². The number of benzene rings is 1. The molecular formula is C12H14ClNO4. The van der Waals surface area contributed by atoms with E-state index in [1.54, 1.807) is 0 Å². The van der Waals surface area contributed by atoms with Gasteiger partial charge in [-0.15, -0.1) is 0 Å². The molecule has 1 amide bonds. The lowest BCUT2D eigenvalue weighted by Gasteiger charge is -2.18. The number of rotatable bonds is 5. The van der Waals surface area contributed by atoms with Gasteiger partial charge in [-0.05, 0) is 17.7 Å². The second kappa shape index (κ2) is 6.49. The Balaban J connectivity index is 2.79. The average Bonchev–Trinajstić information content (AvgIpc) is 2.35. The second-order valence-electron chi connectivity index (χ2n) is 3.85. The first-order valence-electron chi connectivity index (χ1n) is 5.31. The van der Waals surface area contributed by atoms with Crippen LogP contribution >= 0.6 is 11.6 Å². The van der Waals surface area contributed by atoms with Crippen LogP contribution in [0.15, 0.2) is 18.2 Å². The number of halogens is 1. The largest absolute Gasteiger partial charge is 0.388 e. The Labute approximate surface area is 109 Å². The molecule has 1 aromatic carbocycles. The molecule has 5 nitrogen and oxygen atoms in total. The Morgan fingerprint density at radius 1 is 1.50 bits per heavy atom. The molecule has 1 rings (SSSR count). The number of aliphatic hydroxyl groups excluding tert-OH is 2. The molecule has 2 atom stereocenters. The molecule has 98 valence electrons. The molecule has 0 radical (unpaired) electrons. The zero-order valence-corrected chi connectivity index (χ0v) is 10.5. The van der Waals surface area contributed by atoms with Crippen LogP contribution in [0.5, 0.6) is 0 Å². The maximum absolute atomic E-state index is 10.7. The number of amides is 1. The highest BCUT2D eigenvalue weighted by Crippen LogP contribution is 2.22. The SMILES string of the molecule is CC(=O)NCC(O)C(O)c1ccc(Cl)c(C=O)c1. The van der Waals surface area contributed by atoms with Crippen LogP contribution in [-0.2, 0) is 4.79 Å². The number of aldehydes is 1. The number of aliphatic hydroxyl groups is 2. The Kier molecular flexibility index (Phi) is 5.27. The molecule has 0 spiro atoms. The van der Waals surface area contributed by atoms with Gasteiger partial charge < -0.3 is 15.5 Å². The van der Waals surface area contributed by atoms with Crippen molar-refractivity contribution in [3.63, 3.8) is 0 Å².